The summed E-state index contributed by atoms with van der Waals surface area (Å²) in [6, 6.07) is -7.36. The summed E-state index contributed by atoms with van der Waals surface area (Å²) in [7, 11) is 14.6. The second-order valence-electron chi connectivity index (χ2n) is 27.5. The van der Waals surface area contributed by atoms with E-state index in [1.165, 1.54) is 59.8 Å². The Morgan fingerprint density at radius 3 is 0.983 bits per heavy atom. The number of amides is 4. The molecule has 0 radical (unpaired) electrons. The van der Waals surface area contributed by atoms with Crippen molar-refractivity contribution < 1.29 is 79.0 Å². The molecule has 4 amide bonds. The van der Waals surface area contributed by atoms with Crippen molar-refractivity contribution in [2.75, 3.05) is 115 Å². The molecule has 4 aliphatic rings. The molecule has 624 valence electrons. The molecule has 12 heterocycles. The zero-order valence-electron chi connectivity index (χ0n) is 64.2. The number of fused-ring (bicyclic) bond motifs is 4. The monoisotopic (exact) mass is 1620 g/mol. The van der Waals surface area contributed by atoms with Gasteiger partial charge in [0, 0.05) is 92.1 Å². The lowest BCUT2D eigenvalue weighted by molar-refractivity contribution is -0.125. The van der Waals surface area contributed by atoms with E-state index in [4.69, 9.17) is 65.8 Å². The second kappa shape index (κ2) is 40.1. The lowest BCUT2D eigenvalue weighted by atomic mass is 10.1. The maximum Gasteiger partial charge on any atom is 0.238 e. The van der Waals surface area contributed by atoms with Crippen LogP contribution in [0.5, 0.6) is 0 Å². The summed E-state index contributed by atoms with van der Waals surface area (Å²) in [6.45, 7) is -1.87. The van der Waals surface area contributed by atoms with E-state index in [-0.39, 0.29) is 25.9 Å². The first-order chi connectivity index (χ1) is 55.5. The first kappa shape index (κ1) is 88.3. The Hall–Kier alpha value is -11.6. The third-order valence-corrected chi connectivity index (χ3v) is 18.8. The quantitative estimate of drug-likeness (QED) is 0.00938. The fourth-order valence-electron chi connectivity index (χ4n) is 12.9. The smallest absolute Gasteiger partial charge is 0.238 e. The van der Waals surface area contributed by atoms with Crippen LogP contribution in [0, 0.1) is 24.7 Å². The van der Waals surface area contributed by atoms with Crippen LogP contribution in [0.4, 0.5) is 23.3 Å². The van der Waals surface area contributed by atoms with Crippen LogP contribution in [0.25, 0.3) is 65.5 Å². The van der Waals surface area contributed by atoms with Gasteiger partial charge in [0.05, 0.1) is 100 Å². The van der Waals surface area contributed by atoms with Crippen molar-refractivity contribution in [1.82, 2.24) is 99.3 Å². The maximum atomic E-state index is 12.4. The maximum absolute atomic E-state index is 12.4. The van der Waals surface area contributed by atoms with Gasteiger partial charge in [-0.05, 0) is 23.9 Å². The van der Waals surface area contributed by atoms with Gasteiger partial charge in [-0.25, -0.2) is 59.8 Å². The molecule has 0 saturated carbocycles. The molecule has 8 aromatic heterocycles. The molecule has 0 aromatic carbocycles. The summed E-state index contributed by atoms with van der Waals surface area (Å²) in [5, 5.41) is 99.0. The minimum Gasteiger partial charge on any atom is -0.394 e. The highest BCUT2D eigenvalue weighted by atomic mass is 16.6. The highest BCUT2D eigenvalue weighted by Crippen LogP contribution is 2.38. The number of nitrogens with two attached hydrogens (primary N) is 4. The van der Waals surface area contributed by atoms with E-state index in [1.807, 2.05) is 56.4 Å². The molecule has 20 N–H and O–H groups in total. The van der Waals surface area contributed by atoms with Gasteiger partial charge in [-0.3, -0.25) is 37.4 Å². The first-order valence-corrected chi connectivity index (χ1v) is 35.8. The molecule has 50 nitrogen and oxygen atoms in total. The van der Waals surface area contributed by atoms with E-state index >= 15 is 0 Å². The average molecular weight is 1620 g/mol. The summed E-state index contributed by atoms with van der Waals surface area (Å²) >= 11 is 0. The zero-order chi connectivity index (χ0) is 84.5. The molecule has 50 heteroatoms. The number of azide groups is 2. The Labute approximate surface area is 660 Å². The third-order valence-electron chi connectivity index (χ3n) is 18.8. The normalized spacial score (nSPS) is 24.9. The molecule has 0 bridgehead atoms. The SMILES string of the molecule is C#CCC(N)C(=O)NC1[C@@H](CO)O[C@@H](n2cnc3c(N(C)C)ncnc32)[C@H]1O.C#CCCC(N)C(=O)NC1[C@@H](CO)O[C@@H](n2cnc3c(N(C)C)ncnc32)[C@H]1O.CN(C)c1ncnc2c1ncn2[C@@H]1O[C@H](CO)C(NC(=O)C(N)CCN=[N+]=[N-])[C@@H]1O.CN(C)c1ncnc2c1ncn2[C@@H]1O[C@H](CO)C(NC(=O)C(N)CN=[N+]=[N-])[C@@H]1O. The number of aliphatic hydroxyl groups is 8. The number of nitrogens with one attached hydrogen (secondary N) is 4. The molecule has 0 spiro atoms. The lowest BCUT2D eigenvalue weighted by Gasteiger charge is -2.22. The van der Waals surface area contributed by atoms with Crippen molar-refractivity contribution in [1.29, 1.82) is 0 Å². The number of imidazole rings is 4. The van der Waals surface area contributed by atoms with Gasteiger partial charge in [0.1, 0.15) is 74.1 Å². The molecule has 0 aliphatic carbocycles. The zero-order valence-corrected chi connectivity index (χ0v) is 64.2. The van der Waals surface area contributed by atoms with Gasteiger partial charge in [0.2, 0.25) is 23.6 Å². The highest BCUT2D eigenvalue weighted by molar-refractivity contribution is 5.87. The van der Waals surface area contributed by atoms with Gasteiger partial charge in [-0.15, -0.1) is 24.7 Å². The fraction of sp³-hybridized carbons (Fsp3) is 0.576. The van der Waals surface area contributed by atoms with E-state index in [2.05, 4.69) is 113 Å². The van der Waals surface area contributed by atoms with Crippen LogP contribution < -0.4 is 63.8 Å². The number of ether oxygens (including phenoxy) is 4. The largest absolute Gasteiger partial charge is 0.394 e. The molecular weight excluding hydrogens is 1520 g/mol. The summed E-state index contributed by atoms with van der Waals surface area (Å²) in [4.78, 5) is 112. The molecule has 116 heavy (non-hydrogen) atoms. The molecule has 4 aliphatic heterocycles. The third kappa shape index (κ3) is 19.5. The van der Waals surface area contributed by atoms with Crippen molar-refractivity contribution in [2.45, 2.75) is 148 Å². The van der Waals surface area contributed by atoms with Crippen LogP contribution >= 0.6 is 0 Å². The van der Waals surface area contributed by atoms with Gasteiger partial charge < -0.3 is 124 Å². The van der Waals surface area contributed by atoms with Crippen molar-refractivity contribution in [2.24, 2.45) is 33.2 Å². The van der Waals surface area contributed by atoms with Crippen LogP contribution in [-0.2, 0) is 38.1 Å². The summed E-state index contributed by atoms with van der Waals surface area (Å²) in [6.07, 6.45) is 10.7. The number of aliphatic hydroxyl groups excluding tert-OH is 8. The van der Waals surface area contributed by atoms with Gasteiger partial charge >= 0.3 is 0 Å². The number of terminal acetylenes is 2. The number of anilines is 4. The number of carbonyl (C=O) groups is 4. The Kier molecular flexibility index (Phi) is 30.5. The summed E-state index contributed by atoms with van der Waals surface area (Å²) in [5.74, 6) is 4.96. The summed E-state index contributed by atoms with van der Waals surface area (Å²) < 4.78 is 29.3. The molecule has 8 aromatic rings. The van der Waals surface area contributed by atoms with Crippen LogP contribution in [0.2, 0.25) is 0 Å². The molecule has 4 saturated heterocycles. The van der Waals surface area contributed by atoms with Gasteiger partial charge in [0.15, 0.2) is 92.8 Å². The second-order valence-corrected chi connectivity index (χ2v) is 27.5. The Balaban J connectivity index is 0.000000177. The minimum absolute atomic E-state index is 0.0547. The fourth-order valence-corrected chi connectivity index (χ4v) is 12.9. The number of carbonyl (C=O) groups excluding carboxylic acids is 4. The average Bonchev–Trinajstić information content (AvgIpc) is 1.63. The van der Waals surface area contributed by atoms with Crippen LogP contribution in [0.1, 0.15) is 50.6 Å². The highest BCUT2D eigenvalue weighted by Gasteiger charge is 2.50. The molecule has 8 unspecified atom stereocenters. The first-order valence-electron chi connectivity index (χ1n) is 35.8. The van der Waals surface area contributed by atoms with Crippen molar-refractivity contribution in [3.05, 3.63) is 71.5 Å². The van der Waals surface area contributed by atoms with Crippen LogP contribution in [0.3, 0.4) is 0 Å². The molecule has 4 fully saturated rings. The van der Waals surface area contributed by atoms with E-state index in [0.29, 0.717) is 80.8 Å². The van der Waals surface area contributed by atoms with E-state index in [9.17, 15) is 60.0 Å². The topological polar surface area (TPSA) is 704 Å². The summed E-state index contributed by atoms with van der Waals surface area (Å²) in [5.41, 5.74) is 43.5. The Morgan fingerprint density at radius 1 is 0.448 bits per heavy atom. The molecule has 20 atom stereocenters. The van der Waals surface area contributed by atoms with E-state index in [0.717, 1.165) is 0 Å². The van der Waals surface area contributed by atoms with Gasteiger partial charge in [0.25, 0.3) is 0 Å². The molecule has 12 rings (SSSR count). The number of nitrogens with zero attached hydrogens (tertiary/aromatic N) is 26. The lowest BCUT2D eigenvalue weighted by Crippen LogP contribution is -2.53. The van der Waals surface area contributed by atoms with Gasteiger partial charge in [-0.1, -0.05) is 10.2 Å². The van der Waals surface area contributed by atoms with Crippen LogP contribution in [0.15, 0.2) is 60.8 Å². The standard InChI is InChI=1S/C18H25N7O4.C17H23N7O4.C16H24N10O4.C15H22N10O4/c1-4-5-6-10(19)17(28)23-12-11(7-26)29-18(14(12)27)25-9-22-13-15(24(2)3)20-8-21-16(13)25;1-4-5-9(18)16(27)22-11-10(6-25)28-17(13(11)26)24-8-21-12-14(23(2)3)19-7-20-15(12)24;1-25(2)13-11-14(20-6-19-13)26(7-21-11)16-12(28)10(9(5-27)30-16)23-15(29)8(17)3-4-22-24-18;1-24(2)12-10-13(19-5-18-12)25(6-20-10)15-11(27)9(8(4-26)29-15)22-14(28)7(16)3-21-23-17/h1,8-12,14,18,26-27H,5-7,19H2,2-3H3,(H,23,28);1,7-11,13,17,25-26H,5-6,18H2,2-3H3,(H,22,27);6-10,12,16,27-28H,3-5,17H2,1-2H3,(H,23,29);5-9,11,15,26-27H,3-4,16H2,1-2H3,(H,22,28)/t10?,11-,12?,14+,18-;9?,10-,11?,13+,17-;8?,9-,10?,12+,16-;7?,8-,9?,11+,15-/m1111/s1. The number of hydrogen-bond donors (Lipinski definition) is 16. The predicted octanol–water partition coefficient (Wildman–Crippen LogP) is -6.73. The number of aromatic nitrogens is 16. The van der Waals surface area contributed by atoms with Gasteiger partial charge in [-0.2, -0.15) is 0 Å². The van der Waals surface area contributed by atoms with Crippen LogP contribution in [-0.4, -0.2) is 336 Å². The Bertz CT molecular complexity index is 4870. The van der Waals surface area contributed by atoms with Crippen molar-refractivity contribution in [3.8, 4) is 24.7 Å². The van der Waals surface area contributed by atoms with E-state index < -0.39 is 172 Å². The number of hydrogen-bond acceptors (Lipinski definition) is 38. The number of rotatable bonds is 28. The molecular formula is C66H94N34O16. The predicted molar refractivity (Wildman–Crippen MR) is 410 cm³/mol. The minimum atomic E-state index is -1.22. The van der Waals surface area contributed by atoms with E-state index in [1.54, 1.807) is 28.7 Å². The van der Waals surface area contributed by atoms with Crippen molar-refractivity contribution in [3.63, 3.8) is 0 Å². The van der Waals surface area contributed by atoms with Crippen molar-refractivity contribution >= 4 is 91.6 Å². The Morgan fingerprint density at radius 2 is 0.724 bits per heavy atom.